The standard InChI is InChI=1S/C16H22N6OS/c1-16(2,3)11-9-22-15(19-11)24-14(20-22)18-10-5-8-23-12(10)13-17-6-7-21(13)4/h6-7,9-10,12H,5,8H2,1-4H3,(H,18,20)/t10-,12-/m0/s1. The highest BCUT2D eigenvalue weighted by atomic mass is 32.1. The lowest BCUT2D eigenvalue weighted by Gasteiger charge is -2.18. The molecule has 4 rings (SSSR count). The first kappa shape index (κ1) is 15.6. The number of fused-ring (bicyclic) bond motifs is 1. The number of hydrogen-bond acceptors (Lipinski definition) is 6. The van der Waals surface area contributed by atoms with E-state index in [0.717, 1.165) is 34.6 Å². The van der Waals surface area contributed by atoms with Crippen LogP contribution in [0.15, 0.2) is 18.6 Å². The van der Waals surface area contributed by atoms with Gasteiger partial charge in [-0.2, -0.15) is 0 Å². The van der Waals surface area contributed by atoms with E-state index in [1.165, 1.54) is 0 Å². The Balaban J connectivity index is 1.55. The molecule has 4 heterocycles. The summed E-state index contributed by atoms with van der Waals surface area (Å²) in [6.45, 7) is 7.20. The van der Waals surface area contributed by atoms with Crippen molar-refractivity contribution in [3.63, 3.8) is 0 Å². The second-order valence-corrected chi connectivity index (χ2v) is 8.19. The Morgan fingerprint density at radius 2 is 2.21 bits per heavy atom. The Morgan fingerprint density at radius 3 is 2.88 bits per heavy atom. The lowest BCUT2D eigenvalue weighted by molar-refractivity contribution is 0.0983. The quantitative estimate of drug-likeness (QED) is 0.790. The van der Waals surface area contributed by atoms with Gasteiger partial charge in [0.25, 0.3) is 0 Å². The number of ether oxygens (including phenoxy) is 1. The van der Waals surface area contributed by atoms with Crippen LogP contribution in [0.4, 0.5) is 5.13 Å². The lowest BCUT2D eigenvalue weighted by atomic mass is 9.93. The predicted octanol–water partition coefficient (Wildman–Crippen LogP) is 2.76. The minimum atomic E-state index is -0.0497. The van der Waals surface area contributed by atoms with E-state index in [1.807, 2.05) is 28.5 Å². The highest BCUT2D eigenvalue weighted by Gasteiger charge is 2.33. The van der Waals surface area contributed by atoms with Crippen molar-refractivity contribution in [2.75, 3.05) is 11.9 Å². The van der Waals surface area contributed by atoms with Crippen LogP contribution < -0.4 is 5.32 Å². The number of aromatic nitrogens is 5. The van der Waals surface area contributed by atoms with E-state index >= 15 is 0 Å². The van der Waals surface area contributed by atoms with E-state index in [-0.39, 0.29) is 17.6 Å². The van der Waals surface area contributed by atoms with Crippen LogP contribution in [-0.4, -0.2) is 36.8 Å². The smallest absolute Gasteiger partial charge is 0.214 e. The van der Waals surface area contributed by atoms with Gasteiger partial charge in [0.05, 0.1) is 17.9 Å². The van der Waals surface area contributed by atoms with Gasteiger partial charge in [-0.1, -0.05) is 32.1 Å². The van der Waals surface area contributed by atoms with Crippen LogP contribution in [0.5, 0.6) is 0 Å². The summed E-state index contributed by atoms with van der Waals surface area (Å²) in [5.74, 6) is 0.946. The molecule has 8 heteroatoms. The molecule has 0 aliphatic carbocycles. The van der Waals surface area contributed by atoms with Crippen molar-refractivity contribution in [3.05, 3.63) is 30.1 Å². The largest absolute Gasteiger partial charge is 0.368 e. The molecule has 0 bridgehead atoms. The van der Waals surface area contributed by atoms with E-state index < -0.39 is 0 Å². The van der Waals surface area contributed by atoms with Crippen molar-refractivity contribution in [1.29, 1.82) is 0 Å². The van der Waals surface area contributed by atoms with Crippen molar-refractivity contribution >= 4 is 21.4 Å². The lowest BCUT2D eigenvalue weighted by Crippen LogP contribution is -2.25. The molecule has 3 aromatic heterocycles. The fourth-order valence-corrected chi connectivity index (χ4v) is 3.76. The number of anilines is 1. The Morgan fingerprint density at radius 1 is 1.38 bits per heavy atom. The van der Waals surface area contributed by atoms with E-state index in [0.29, 0.717) is 0 Å². The van der Waals surface area contributed by atoms with E-state index in [2.05, 4.69) is 36.2 Å². The molecule has 0 amide bonds. The molecular weight excluding hydrogens is 324 g/mol. The van der Waals surface area contributed by atoms with Crippen molar-refractivity contribution < 1.29 is 4.74 Å². The summed E-state index contributed by atoms with van der Waals surface area (Å²) in [5, 5.41) is 9.00. The molecule has 2 atom stereocenters. The maximum absolute atomic E-state index is 5.89. The van der Waals surface area contributed by atoms with Gasteiger partial charge in [0, 0.05) is 31.5 Å². The molecule has 0 saturated carbocycles. The molecule has 128 valence electrons. The van der Waals surface area contributed by atoms with Gasteiger partial charge in [0.2, 0.25) is 10.1 Å². The van der Waals surface area contributed by atoms with Gasteiger partial charge in [-0.25, -0.2) is 14.5 Å². The average Bonchev–Trinajstić information content (AvgIpc) is 3.21. The number of rotatable bonds is 3. The molecular formula is C16H22N6OS. The van der Waals surface area contributed by atoms with Crippen LogP contribution in [0.1, 0.15) is 44.8 Å². The number of hydrogen-bond donors (Lipinski definition) is 1. The van der Waals surface area contributed by atoms with Crippen LogP contribution >= 0.6 is 11.3 Å². The van der Waals surface area contributed by atoms with Crippen LogP contribution in [0.25, 0.3) is 4.96 Å². The van der Waals surface area contributed by atoms with Gasteiger partial charge in [0.15, 0.2) is 0 Å². The minimum absolute atomic E-state index is 0.0314. The van der Waals surface area contributed by atoms with Crippen molar-refractivity contribution in [1.82, 2.24) is 24.1 Å². The third-order valence-electron chi connectivity index (χ3n) is 4.33. The normalized spacial score (nSPS) is 21.7. The summed E-state index contributed by atoms with van der Waals surface area (Å²) in [6, 6.07) is 0.170. The number of nitrogens with one attached hydrogen (secondary N) is 1. The molecule has 0 radical (unpaired) electrons. The van der Waals surface area contributed by atoms with Crippen molar-refractivity contribution in [2.24, 2.45) is 7.05 Å². The van der Waals surface area contributed by atoms with Crippen molar-refractivity contribution in [3.8, 4) is 0 Å². The molecule has 1 aliphatic heterocycles. The summed E-state index contributed by atoms with van der Waals surface area (Å²) < 4.78 is 9.76. The van der Waals surface area contributed by atoms with Crippen LogP contribution in [0.3, 0.4) is 0 Å². The first-order valence-corrected chi connectivity index (χ1v) is 8.95. The second kappa shape index (κ2) is 5.56. The highest BCUT2D eigenvalue weighted by molar-refractivity contribution is 7.20. The number of nitrogens with zero attached hydrogens (tertiary/aromatic N) is 5. The zero-order valence-electron chi connectivity index (χ0n) is 14.4. The zero-order chi connectivity index (χ0) is 16.9. The first-order chi connectivity index (χ1) is 11.4. The Kier molecular flexibility index (Phi) is 3.61. The van der Waals surface area contributed by atoms with Crippen LogP contribution in [-0.2, 0) is 17.2 Å². The molecule has 1 fully saturated rings. The van der Waals surface area contributed by atoms with Gasteiger partial charge < -0.3 is 14.6 Å². The van der Waals surface area contributed by atoms with Gasteiger partial charge >= 0.3 is 0 Å². The summed E-state index contributed by atoms with van der Waals surface area (Å²) in [7, 11) is 1.99. The predicted molar refractivity (Wildman–Crippen MR) is 93.5 cm³/mol. The maximum Gasteiger partial charge on any atom is 0.214 e. The van der Waals surface area contributed by atoms with Crippen molar-refractivity contribution in [2.45, 2.75) is 44.8 Å². The monoisotopic (exact) mass is 346 g/mol. The van der Waals surface area contributed by atoms with Crippen LogP contribution in [0.2, 0.25) is 0 Å². The highest BCUT2D eigenvalue weighted by Crippen LogP contribution is 2.32. The molecule has 24 heavy (non-hydrogen) atoms. The number of aryl methyl sites for hydroxylation is 1. The first-order valence-electron chi connectivity index (χ1n) is 8.14. The van der Waals surface area contributed by atoms with E-state index in [1.54, 1.807) is 17.5 Å². The van der Waals surface area contributed by atoms with Gasteiger partial charge in [-0.15, -0.1) is 5.10 Å². The fourth-order valence-electron chi connectivity index (χ4n) is 2.92. The van der Waals surface area contributed by atoms with Gasteiger partial charge in [-0.3, -0.25) is 0 Å². The van der Waals surface area contributed by atoms with Crippen LogP contribution in [0, 0.1) is 0 Å². The molecule has 0 spiro atoms. The third kappa shape index (κ3) is 2.69. The molecule has 3 aromatic rings. The molecule has 7 nitrogen and oxygen atoms in total. The summed E-state index contributed by atoms with van der Waals surface area (Å²) in [5.41, 5.74) is 1.09. The summed E-state index contributed by atoms with van der Waals surface area (Å²) in [4.78, 5) is 10.0. The zero-order valence-corrected chi connectivity index (χ0v) is 15.2. The van der Waals surface area contributed by atoms with Gasteiger partial charge in [-0.05, 0) is 6.42 Å². The topological polar surface area (TPSA) is 69.3 Å². The third-order valence-corrected chi connectivity index (χ3v) is 5.18. The Hall–Kier alpha value is -1.93. The SMILES string of the molecule is Cn1ccnc1[C@H]1OCC[C@@H]1Nc1nn2cc(C(C)(C)C)nc2s1. The Bertz CT molecular complexity index is 826. The molecule has 0 unspecified atom stereocenters. The van der Waals surface area contributed by atoms with E-state index in [9.17, 15) is 0 Å². The van der Waals surface area contributed by atoms with E-state index in [4.69, 9.17) is 9.72 Å². The second-order valence-electron chi connectivity index (χ2n) is 7.24. The molecule has 1 aliphatic rings. The molecule has 0 aromatic carbocycles. The average molecular weight is 346 g/mol. The molecule has 1 N–H and O–H groups in total. The Labute approximate surface area is 144 Å². The summed E-state index contributed by atoms with van der Waals surface area (Å²) >= 11 is 1.57. The summed E-state index contributed by atoms with van der Waals surface area (Å²) in [6.07, 6.45) is 6.65. The van der Waals surface area contributed by atoms with Gasteiger partial charge in [0.1, 0.15) is 11.9 Å². The minimum Gasteiger partial charge on any atom is -0.368 e. The fraction of sp³-hybridized carbons (Fsp3) is 0.562. The maximum atomic E-state index is 5.89. The number of imidazole rings is 2. The molecule has 1 saturated heterocycles.